The van der Waals surface area contributed by atoms with E-state index in [1.165, 1.54) is 5.56 Å². The van der Waals surface area contributed by atoms with Crippen LogP contribution in [0.2, 0.25) is 0 Å². The van der Waals surface area contributed by atoms with E-state index in [1.54, 1.807) is 0 Å². The smallest absolute Gasteiger partial charge is 0.153 e. The van der Waals surface area contributed by atoms with Gasteiger partial charge in [-0.2, -0.15) is 0 Å². The van der Waals surface area contributed by atoms with Gasteiger partial charge >= 0.3 is 0 Å². The summed E-state index contributed by atoms with van der Waals surface area (Å²) in [4.78, 5) is 10.9. The molecular formula is C11H10BrNO. The zero-order valence-electron chi connectivity index (χ0n) is 8.04. The minimum atomic E-state index is 0.728. The summed E-state index contributed by atoms with van der Waals surface area (Å²) in [6.07, 6.45) is 0.895. The van der Waals surface area contributed by atoms with E-state index in [1.807, 2.05) is 36.7 Å². The van der Waals surface area contributed by atoms with E-state index < -0.39 is 0 Å². The molecule has 1 heterocycles. The first-order valence-electron chi connectivity index (χ1n) is 4.35. The number of aldehydes is 1. The van der Waals surface area contributed by atoms with Crippen LogP contribution < -0.4 is 0 Å². The molecule has 0 atom stereocenters. The first-order chi connectivity index (χ1) is 6.65. The molecule has 1 aromatic heterocycles. The Bertz CT molecular complexity index is 513. The highest BCUT2D eigenvalue weighted by Crippen LogP contribution is 2.28. The van der Waals surface area contributed by atoms with Gasteiger partial charge in [0.2, 0.25) is 0 Å². The van der Waals surface area contributed by atoms with Crippen LogP contribution in [0.25, 0.3) is 10.9 Å². The predicted octanol–water partition coefficient (Wildman–Crippen LogP) is 3.06. The topological polar surface area (TPSA) is 22.0 Å². The average molecular weight is 252 g/mol. The van der Waals surface area contributed by atoms with Gasteiger partial charge in [-0.25, -0.2) is 0 Å². The number of nitrogens with zero attached hydrogens (tertiary/aromatic N) is 1. The van der Waals surface area contributed by atoms with Crippen molar-refractivity contribution >= 4 is 33.1 Å². The zero-order chi connectivity index (χ0) is 10.3. The molecule has 2 rings (SSSR count). The number of carbonyl (C=O) groups is 1. The van der Waals surface area contributed by atoms with E-state index in [0.29, 0.717) is 0 Å². The largest absolute Gasteiger partial charge is 0.338 e. The summed E-state index contributed by atoms with van der Waals surface area (Å²) in [5, 5.41) is 1.01. The highest BCUT2D eigenvalue weighted by atomic mass is 79.9. The molecule has 0 aliphatic heterocycles. The van der Waals surface area contributed by atoms with E-state index in [4.69, 9.17) is 0 Å². The summed E-state index contributed by atoms with van der Waals surface area (Å²) < 4.78 is 2.81. The standard InChI is InChI=1S/C11H10BrNO/c1-7-3-4-10-8(5-7)9(6-14)11(12)13(10)2/h3-6H,1-2H3. The Hall–Kier alpha value is -1.09. The van der Waals surface area contributed by atoms with Gasteiger partial charge in [0, 0.05) is 18.0 Å². The van der Waals surface area contributed by atoms with Crippen LogP contribution in [-0.2, 0) is 7.05 Å². The maximum Gasteiger partial charge on any atom is 0.153 e. The van der Waals surface area contributed by atoms with Crippen molar-refractivity contribution in [2.24, 2.45) is 7.05 Å². The molecule has 0 aliphatic rings. The third kappa shape index (κ3) is 1.20. The molecule has 3 heteroatoms. The fraction of sp³-hybridized carbons (Fsp3) is 0.182. The third-order valence-corrected chi connectivity index (χ3v) is 3.40. The molecule has 0 saturated heterocycles. The van der Waals surface area contributed by atoms with Crippen molar-refractivity contribution in [2.45, 2.75) is 6.92 Å². The molecule has 0 amide bonds. The predicted molar refractivity (Wildman–Crippen MR) is 60.7 cm³/mol. The first-order valence-corrected chi connectivity index (χ1v) is 5.14. The van der Waals surface area contributed by atoms with Gasteiger partial charge in [0.25, 0.3) is 0 Å². The van der Waals surface area contributed by atoms with E-state index >= 15 is 0 Å². The number of carbonyl (C=O) groups excluding carboxylic acids is 1. The zero-order valence-corrected chi connectivity index (χ0v) is 9.63. The molecule has 2 nitrogen and oxygen atoms in total. The Morgan fingerprint density at radius 1 is 1.43 bits per heavy atom. The van der Waals surface area contributed by atoms with Crippen LogP contribution in [-0.4, -0.2) is 10.9 Å². The second-order valence-electron chi connectivity index (χ2n) is 3.40. The highest BCUT2D eigenvalue weighted by Gasteiger charge is 2.11. The summed E-state index contributed by atoms with van der Waals surface area (Å²) in [7, 11) is 1.94. The summed E-state index contributed by atoms with van der Waals surface area (Å²) in [5.74, 6) is 0. The maximum atomic E-state index is 10.9. The van der Waals surface area contributed by atoms with Crippen molar-refractivity contribution in [2.75, 3.05) is 0 Å². The summed E-state index contributed by atoms with van der Waals surface area (Å²) in [5.41, 5.74) is 2.97. The minimum absolute atomic E-state index is 0.728. The molecule has 1 aromatic carbocycles. The van der Waals surface area contributed by atoms with E-state index in [0.717, 1.165) is 27.4 Å². The van der Waals surface area contributed by atoms with Crippen molar-refractivity contribution < 1.29 is 4.79 Å². The van der Waals surface area contributed by atoms with Crippen molar-refractivity contribution in [3.63, 3.8) is 0 Å². The Morgan fingerprint density at radius 2 is 2.14 bits per heavy atom. The summed E-state index contributed by atoms with van der Waals surface area (Å²) in [6.45, 7) is 2.02. The molecule has 72 valence electrons. The molecule has 0 fully saturated rings. The lowest BCUT2D eigenvalue weighted by Gasteiger charge is -1.97. The van der Waals surface area contributed by atoms with Gasteiger partial charge < -0.3 is 4.57 Å². The maximum absolute atomic E-state index is 10.9. The molecule has 0 N–H and O–H groups in total. The van der Waals surface area contributed by atoms with Gasteiger partial charge in [-0.05, 0) is 35.0 Å². The fourth-order valence-corrected chi connectivity index (χ4v) is 2.17. The van der Waals surface area contributed by atoms with Gasteiger partial charge in [0.05, 0.1) is 10.2 Å². The molecule has 2 aromatic rings. The molecule has 0 spiro atoms. The SMILES string of the molecule is Cc1ccc2c(c1)c(C=O)c(Br)n2C. The van der Waals surface area contributed by atoms with Gasteiger partial charge in [-0.3, -0.25) is 4.79 Å². The van der Waals surface area contributed by atoms with Gasteiger partial charge in [-0.15, -0.1) is 0 Å². The molecule has 0 saturated carbocycles. The molecule has 0 bridgehead atoms. The lowest BCUT2D eigenvalue weighted by atomic mass is 10.1. The molecule has 0 unspecified atom stereocenters. The van der Waals surface area contributed by atoms with E-state index in [9.17, 15) is 4.79 Å². The molecular weight excluding hydrogens is 242 g/mol. The van der Waals surface area contributed by atoms with Crippen LogP contribution in [0.5, 0.6) is 0 Å². The average Bonchev–Trinajstić information content (AvgIpc) is 2.39. The van der Waals surface area contributed by atoms with Crippen LogP contribution in [0.1, 0.15) is 15.9 Å². The van der Waals surface area contributed by atoms with Crippen molar-refractivity contribution in [1.29, 1.82) is 0 Å². The quantitative estimate of drug-likeness (QED) is 0.715. The number of fused-ring (bicyclic) bond motifs is 1. The van der Waals surface area contributed by atoms with E-state index in [-0.39, 0.29) is 0 Å². The molecule has 14 heavy (non-hydrogen) atoms. The van der Waals surface area contributed by atoms with Crippen LogP contribution >= 0.6 is 15.9 Å². The van der Waals surface area contributed by atoms with Crippen LogP contribution in [0.15, 0.2) is 22.8 Å². The van der Waals surface area contributed by atoms with Gasteiger partial charge in [0.15, 0.2) is 6.29 Å². The minimum Gasteiger partial charge on any atom is -0.338 e. The number of hydrogen-bond donors (Lipinski definition) is 0. The van der Waals surface area contributed by atoms with Gasteiger partial charge in [-0.1, -0.05) is 11.6 Å². The van der Waals surface area contributed by atoms with Crippen molar-refractivity contribution in [3.8, 4) is 0 Å². The Labute approximate surface area is 90.7 Å². The number of rotatable bonds is 1. The van der Waals surface area contributed by atoms with Crippen molar-refractivity contribution in [1.82, 2.24) is 4.57 Å². The molecule has 0 radical (unpaired) electrons. The van der Waals surface area contributed by atoms with Crippen molar-refractivity contribution in [3.05, 3.63) is 33.9 Å². The molecule has 0 aliphatic carbocycles. The van der Waals surface area contributed by atoms with Crippen LogP contribution in [0, 0.1) is 6.92 Å². The summed E-state index contributed by atoms with van der Waals surface area (Å²) in [6, 6.07) is 6.11. The summed E-state index contributed by atoms with van der Waals surface area (Å²) >= 11 is 3.41. The van der Waals surface area contributed by atoms with Crippen LogP contribution in [0.3, 0.4) is 0 Å². The first kappa shape index (κ1) is 9.46. The third-order valence-electron chi connectivity index (χ3n) is 2.44. The lowest BCUT2D eigenvalue weighted by Crippen LogP contribution is -1.86. The number of aromatic nitrogens is 1. The monoisotopic (exact) mass is 251 g/mol. The lowest BCUT2D eigenvalue weighted by molar-refractivity contribution is 0.112. The Kier molecular flexibility index (Phi) is 2.19. The van der Waals surface area contributed by atoms with E-state index in [2.05, 4.69) is 15.9 Å². The Morgan fingerprint density at radius 3 is 2.79 bits per heavy atom. The number of benzene rings is 1. The van der Waals surface area contributed by atoms with Crippen LogP contribution in [0.4, 0.5) is 0 Å². The Balaban J connectivity index is 2.96. The normalized spacial score (nSPS) is 10.8. The second-order valence-corrected chi connectivity index (χ2v) is 4.15. The number of hydrogen-bond acceptors (Lipinski definition) is 1. The van der Waals surface area contributed by atoms with Gasteiger partial charge in [0.1, 0.15) is 0 Å². The number of aryl methyl sites for hydroxylation is 2. The highest BCUT2D eigenvalue weighted by molar-refractivity contribution is 9.10. The fourth-order valence-electron chi connectivity index (χ4n) is 1.67. The second kappa shape index (κ2) is 3.24. The number of halogens is 1.